The zero-order valence-corrected chi connectivity index (χ0v) is 22.3. The molecule has 0 amide bonds. The van der Waals surface area contributed by atoms with Crippen molar-refractivity contribution >= 4 is 0 Å². The van der Waals surface area contributed by atoms with Gasteiger partial charge in [-0.2, -0.15) is 0 Å². The Morgan fingerprint density at radius 1 is 0.909 bits per heavy atom. The van der Waals surface area contributed by atoms with Crippen LogP contribution in [0.25, 0.3) is 0 Å². The van der Waals surface area contributed by atoms with E-state index in [9.17, 15) is 15.3 Å². The quantitative estimate of drug-likeness (QED) is 0.424. The van der Waals surface area contributed by atoms with Crippen molar-refractivity contribution in [1.82, 2.24) is 0 Å². The van der Waals surface area contributed by atoms with E-state index in [0.29, 0.717) is 36.2 Å². The first-order valence-electron chi connectivity index (χ1n) is 14.0. The van der Waals surface area contributed by atoms with E-state index in [1.54, 1.807) is 5.57 Å². The normalized spacial score (nSPS) is 57.8. The average Bonchev–Trinajstić information content (AvgIpc) is 2.75. The van der Waals surface area contributed by atoms with Crippen molar-refractivity contribution < 1.29 is 15.3 Å². The molecule has 5 aliphatic rings. The molecule has 0 aromatic carbocycles. The van der Waals surface area contributed by atoms with Crippen LogP contribution in [0.4, 0.5) is 0 Å². The molecule has 0 heterocycles. The van der Waals surface area contributed by atoms with E-state index >= 15 is 0 Å². The van der Waals surface area contributed by atoms with Crippen molar-refractivity contribution in [1.29, 1.82) is 0 Å². The van der Waals surface area contributed by atoms with Crippen molar-refractivity contribution in [2.24, 2.45) is 56.7 Å². The minimum atomic E-state index is -0.630. The third-order valence-electron chi connectivity index (χ3n) is 13.4. The molecule has 4 saturated carbocycles. The first-order valence-corrected chi connectivity index (χ1v) is 14.0. The molecule has 0 aromatic heterocycles. The van der Waals surface area contributed by atoms with Gasteiger partial charge in [0.25, 0.3) is 0 Å². The summed E-state index contributed by atoms with van der Waals surface area (Å²) in [5.41, 5.74) is 1.89. The predicted octanol–water partition coefficient (Wildman–Crippen LogP) is 5.97. The Balaban J connectivity index is 1.60. The maximum atomic E-state index is 11.0. The Bertz CT molecular complexity index is 832. The number of aliphatic hydroxyl groups is 3. The molecule has 3 N–H and O–H groups in total. The van der Waals surface area contributed by atoms with Crippen molar-refractivity contribution in [3.05, 3.63) is 11.6 Å². The van der Waals surface area contributed by atoms with Gasteiger partial charge in [0, 0.05) is 12.0 Å². The summed E-state index contributed by atoms with van der Waals surface area (Å²) >= 11 is 0. The summed E-state index contributed by atoms with van der Waals surface area (Å²) in [4.78, 5) is 0. The molecule has 0 radical (unpaired) electrons. The van der Waals surface area contributed by atoms with Gasteiger partial charge in [-0.25, -0.2) is 0 Å². The van der Waals surface area contributed by atoms with E-state index in [4.69, 9.17) is 0 Å². The molecule has 0 aromatic rings. The van der Waals surface area contributed by atoms with Crippen molar-refractivity contribution in [2.45, 2.75) is 112 Å². The topological polar surface area (TPSA) is 60.7 Å². The number of aliphatic hydroxyl groups excluding tert-OH is 3. The van der Waals surface area contributed by atoms with Gasteiger partial charge in [0.2, 0.25) is 0 Å². The van der Waals surface area contributed by atoms with E-state index in [1.807, 2.05) is 0 Å². The average molecular weight is 459 g/mol. The summed E-state index contributed by atoms with van der Waals surface area (Å²) in [6.45, 7) is 17.2. The number of allylic oxidation sites excluding steroid dienone is 2. The lowest BCUT2D eigenvalue weighted by molar-refractivity contribution is -0.232. The molecule has 3 nitrogen and oxygen atoms in total. The second kappa shape index (κ2) is 7.32. The van der Waals surface area contributed by atoms with Crippen LogP contribution in [0, 0.1) is 56.7 Å². The van der Waals surface area contributed by atoms with Crippen molar-refractivity contribution in [3.63, 3.8) is 0 Å². The van der Waals surface area contributed by atoms with Crippen LogP contribution in [0.2, 0.25) is 0 Å². The van der Waals surface area contributed by atoms with Gasteiger partial charge in [-0.3, -0.25) is 0 Å². The molecule has 2 unspecified atom stereocenters. The highest BCUT2D eigenvalue weighted by Crippen LogP contribution is 2.75. The summed E-state index contributed by atoms with van der Waals surface area (Å²) in [6.07, 6.45) is 10.3. The lowest BCUT2D eigenvalue weighted by Crippen LogP contribution is -2.67. The monoisotopic (exact) mass is 458 g/mol. The number of fused-ring (bicyclic) bond motifs is 7. The fraction of sp³-hybridized carbons (Fsp3) is 0.933. The molecule has 0 aliphatic heterocycles. The Morgan fingerprint density at radius 3 is 2.27 bits per heavy atom. The van der Waals surface area contributed by atoms with Crippen LogP contribution in [-0.2, 0) is 0 Å². The Morgan fingerprint density at radius 2 is 1.61 bits per heavy atom. The highest BCUT2D eigenvalue weighted by Gasteiger charge is 2.69. The van der Waals surface area contributed by atoms with E-state index < -0.39 is 12.2 Å². The fourth-order valence-electron chi connectivity index (χ4n) is 11.0. The van der Waals surface area contributed by atoms with Crippen LogP contribution in [-0.4, -0.2) is 34.1 Å². The Hall–Kier alpha value is -0.380. The lowest BCUT2D eigenvalue weighted by atomic mass is 9.33. The maximum absolute atomic E-state index is 11.0. The molecule has 5 rings (SSSR count). The van der Waals surface area contributed by atoms with Crippen molar-refractivity contribution in [2.75, 3.05) is 6.61 Å². The second-order valence-electron chi connectivity index (χ2n) is 14.7. The highest BCUT2D eigenvalue weighted by molar-refractivity contribution is 5.34. The SMILES string of the molecule is C[C@H]1[C@H](C)CC[C@]2(CO)CC[C@]3(C)C(=CCC4[C@@]5(C)C[C@H](O)[C@H](O)C(C)(C)C5CC[C@]43C)[C@H]12. The molecule has 4 fully saturated rings. The Kier molecular flexibility index (Phi) is 5.40. The minimum absolute atomic E-state index is 0.0389. The summed E-state index contributed by atoms with van der Waals surface area (Å²) in [5, 5.41) is 32.6. The summed E-state index contributed by atoms with van der Waals surface area (Å²) < 4.78 is 0. The van der Waals surface area contributed by atoms with Crippen molar-refractivity contribution in [3.8, 4) is 0 Å². The van der Waals surface area contributed by atoms with E-state index in [0.717, 1.165) is 25.7 Å². The van der Waals surface area contributed by atoms with Gasteiger partial charge in [0.05, 0.1) is 12.2 Å². The van der Waals surface area contributed by atoms with Crippen LogP contribution < -0.4 is 0 Å². The smallest absolute Gasteiger partial charge is 0.0852 e. The van der Waals surface area contributed by atoms with Gasteiger partial charge in [-0.05, 0) is 103 Å². The Labute approximate surface area is 202 Å². The third kappa shape index (κ3) is 2.85. The van der Waals surface area contributed by atoms with Crippen LogP contribution in [0.15, 0.2) is 11.6 Å². The van der Waals surface area contributed by atoms with E-state index in [-0.39, 0.29) is 27.1 Å². The molecule has 0 spiro atoms. The number of hydrogen-bond donors (Lipinski definition) is 3. The molecule has 3 heteroatoms. The first kappa shape index (κ1) is 24.3. The number of rotatable bonds is 1. The largest absolute Gasteiger partial charge is 0.396 e. The second-order valence-corrected chi connectivity index (χ2v) is 14.7. The first-order chi connectivity index (χ1) is 15.3. The van der Waals surface area contributed by atoms with Crippen LogP contribution in [0.3, 0.4) is 0 Å². The van der Waals surface area contributed by atoms with Gasteiger partial charge in [0.15, 0.2) is 0 Å². The highest BCUT2D eigenvalue weighted by atomic mass is 16.3. The number of hydrogen-bond acceptors (Lipinski definition) is 3. The molecule has 5 aliphatic carbocycles. The maximum Gasteiger partial charge on any atom is 0.0852 e. The van der Waals surface area contributed by atoms with Gasteiger partial charge in [-0.1, -0.05) is 60.1 Å². The minimum Gasteiger partial charge on any atom is -0.396 e. The van der Waals surface area contributed by atoms with E-state index in [2.05, 4.69) is 54.5 Å². The lowest BCUT2D eigenvalue weighted by Gasteiger charge is -2.72. The van der Waals surface area contributed by atoms with Crippen LogP contribution >= 0.6 is 0 Å². The summed E-state index contributed by atoms with van der Waals surface area (Å²) in [7, 11) is 0. The van der Waals surface area contributed by atoms with E-state index in [1.165, 1.54) is 25.7 Å². The molecular formula is C30H50O3. The standard InChI is InChI=1S/C30H50O3/c1-18-10-13-30(17-31)15-14-28(6)20(24(30)19(18)2)8-9-23-27(5)16-21(32)25(33)26(3,4)22(27)11-12-29(23,28)7/h8,18-19,21-25,31-33H,9-17H2,1-7H3/t18-,19+,21+,22?,23?,24+,25+,27+,28-,29-,30-/m1/s1. The molecule has 33 heavy (non-hydrogen) atoms. The zero-order valence-electron chi connectivity index (χ0n) is 22.3. The van der Waals surface area contributed by atoms with Gasteiger partial charge < -0.3 is 15.3 Å². The summed E-state index contributed by atoms with van der Waals surface area (Å²) in [6, 6.07) is 0. The van der Waals surface area contributed by atoms with Gasteiger partial charge in [0.1, 0.15) is 0 Å². The fourth-order valence-corrected chi connectivity index (χ4v) is 11.0. The molecule has 11 atom stereocenters. The molecule has 188 valence electrons. The third-order valence-corrected chi connectivity index (χ3v) is 13.4. The van der Waals surface area contributed by atoms with Crippen LogP contribution in [0.1, 0.15) is 99.8 Å². The zero-order chi connectivity index (χ0) is 24.2. The van der Waals surface area contributed by atoms with Gasteiger partial charge in [-0.15, -0.1) is 0 Å². The van der Waals surface area contributed by atoms with Crippen LogP contribution in [0.5, 0.6) is 0 Å². The molecule has 0 saturated heterocycles. The summed E-state index contributed by atoms with van der Waals surface area (Å²) in [5.74, 6) is 2.80. The van der Waals surface area contributed by atoms with Gasteiger partial charge >= 0.3 is 0 Å². The molecule has 0 bridgehead atoms. The predicted molar refractivity (Wildman–Crippen MR) is 133 cm³/mol. The molecular weight excluding hydrogens is 408 g/mol.